The van der Waals surface area contributed by atoms with Crippen LogP contribution in [0.15, 0.2) is 186 Å². The van der Waals surface area contributed by atoms with Crippen molar-refractivity contribution in [2.24, 2.45) is 0 Å². The molecule has 6 heteroatoms. The molecule has 1 unspecified atom stereocenters. The van der Waals surface area contributed by atoms with Gasteiger partial charge in [-0.25, -0.2) is 9.97 Å². The summed E-state index contributed by atoms with van der Waals surface area (Å²) in [4.78, 5) is 10.4. The molecule has 3 heterocycles. The van der Waals surface area contributed by atoms with Gasteiger partial charge in [-0.2, -0.15) is 0 Å². The van der Waals surface area contributed by atoms with Crippen molar-refractivity contribution in [2.45, 2.75) is 5.92 Å². The molecule has 55 heavy (non-hydrogen) atoms. The van der Waals surface area contributed by atoms with Crippen molar-refractivity contribution >= 4 is 21.8 Å². The predicted octanol–water partition coefficient (Wildman–Crippen LogP) is 11.8. The summed E-state index contributed by atoms with van der Waals surface area (Å²) in [6.07, 6.45) is 0. The van der Waals surface area contributed by atoms with Gasteiger partial charge in [-0.15, -0.1) is 10.2 Å². The van der Waals surface area contributed by atoms with E-state index < -0.39 is 0 Å². The SMILES string of the molecule is c1ccc(-c2cc(-c3ccccc3)nc(-n3c4ccccc4c4c(-c5nnc(-c6cccc7c6C(c6ccccc6)c6ccccc6-7)o5)cccc43)n2)cc1. The molecular weight excluding hydrogens is 675 g/mol. The highest BCUT2D eigenvalue weighted by Gasteiger charge is 2.33. The maximum atomic E-state index is 6.73. The minimum absolute atomic E-state index is 0.0489. The van der Waals surface area contributed by atoms with Crippen LogP contribution in [-0.4, -0.2) is 24.7 Å². The number of benzene rings is 7. The summed E-state index contributed by atoms with van der Waals surface area (Å²) < 4.78 is 8.88. The standard InChI is InChI=1S/C49H31N5O/c1-4-16-31(17-5-1)40-30-41(32-18-6-2-7-19-32)51-49(50-40)54-42-28-13-12-24-37(42)45-38(27-15-29-43(45)54)47-52-53-48(55-47)39-26-14-25-36-34-22-10-11-23-35(34)44(46(36)39)33-20-8-3-9-21-33/h1-30,44H. The Labute approximate surface area is 317 Å². The first-order chi connectivity index (χ1) is 27.3. The normalized spacial score (nSPS) is 13.3. The molecule has 0 amide bonds. The summed E-state index contributed by atoms with van der Waals surface area (Å²) in [6.45, 7) is 0. The van der Waals surface area contributed by atoms with Crippen LogP contribution in [0.3, 0.4) is 0 Å². The average Bonchev–Trinajstić information content (AvgIpc) is 3.98. The third-order valence-corrected chi connectivity index (χ3v) is 10.7. The smallest absolute Gasteiger partial charge is 0.248 e. The fourth-order valence-electron chi connectivity index (χ4n) is 8.34. The van der Waals surface area contributed by atoms with Gasteiger partial charge >= 0.3 is 0 Å². The minimum atomic E-state index is 0.0489. The lowest BCUT2D eigenvalue weighted by Gasteiger charge is -2.16. The van der Waals surface area contributed by atoms with Crippen molar-refractivity contribution in [1.82, 2.24) is 24.7 Å². The summed E-state index contributed by atoms with van der Waals surface area (Å²) in [5.41, 5.74) is 13.6. The van der Waals surface area contributed by atoms with Crippen LogP contribution in [0.4, 0.5) is 0 Å². The fraction of sp³-hybridized carbons (Fsp3) is 0.0204. The molecule has 3 aromatic heterocycles. The van der Waals surface area contributed by atoms with Crippen LogP contribution < -0.4 is 0 Å². The van der Waals surface area contributed by atoms with Gasteiger partial charge in [0.1, 0.15) is 0 Å². The van der Waals surface area contributed by atoms with Crippen LogP contribution in [0.1, 0.15) is 22.6 Å². The van der Waals surface area contributed by atoms with E-state index in [0.717, 1.165) is 55.4 Å². The molecule has 7 aromatic carbocycles. The summed E-state index contributed by atoms with van der Waals surface area (Å²) in [5.74, 6) is 1.58. The van der Waals surface area contributed by atoms with Gasteiger partial charge in [0, 0.05) is 38.9 Å². The van der Waals surface area contributed by atoms with Crippen LogP contribution in [0.2, 0.25) is 0 Å². The molecule has 0 N–H and O–H groups in total. The van der Waals surface area contributed by atoms with E-state index in [1.54, 1.807) is 0 Å². The molecule has 6 nitrogen and oxygen atoms in total. The molecule has 0 saturated carbocycles. The second-order valence-electron chi connectivity index (χ2n) is 13.8. The van der Waals surface area contributed by atoms with Crippen LogP contribution in [0.5, 0.6) is 0 Å². The number of hydrogen-bond acceptors (Lipinski definition) is 5. The Hall–Kier alpha value is -7.44. The molecule has 0 bridgehead atoms. The van der Waals surface area contributed by atoms with E-state index in [1.165, 1.54) is 27.8 Å². The first kappa shape index (κ1) is 31.1. The van der Waals surface area contributed by atoms with Crippen molar-refractivity contribution in [3.8, 4) is 62.5 Å². The number of para-hydroxylation sites is 1. The summed E-state index contributed by atoms with van der Waals surface area (Å²) >= 11 is 0. The molecule has 1 aliphatic carbocycles. The van der Waals surface area contributed by atoms with E-state index in [2.05, 4.69) is 144 Å². The second kappa shape index (κ2) is 12.6. The van der Waals surface area contributed by atoms with Crippen LogP contribution in [0, 0.1) is 0 Å². The molecule has 0 aliphatic heterocycles. The Bertz CT molecular complexity index is 2980. The van der Waals surface area contributed by atoms with Gasteiger partial charge in [-0.05, 0) is 58.1 Å². The Balaban J connectivity index is 1.09. The van der Waals surface area contributed by atoms with Crippen LogP contribution in [0.25, 0.3) is 84.3 Å². The zero-order valence-electron chi connectivity index (χ0n) is 29.5. The molecule has 11 rings (SSSR count). The quantitative estimate of drug-likeness (QED) is 0.172. The largest absolute Gasteiger partial charge is 0.416 e. The summed E-state index contributed by atoms with van der Waals surface area (Å²) in [7, 11) is 0. The lowest BCUT2D eigenvalue weighted by Crippen LogP contribution is -2.04. The molecule has 1 aliphatic rings. The average molecular weight is 706 g/mol. The maximum absolute atomic E-state index is 6.73. The van der Waals surface area contributed by atoms with Gasteiger partial charge in [-0.1, -0.05) is 152 Å². The number of hydrogen-bond donors (Lipinski definition) is 0. The highest BCUT2D eigenvalue weighted by Crippen LogP contribution is 2.51. The highest BCUT2D eigenvalue weighted by atomic mass is 16.4. The van der Waals surface area contributed by atoms with Crippen molar-refractivity contribution in [1.29, 1.82) is 0 Å². The number of aromatic nitrogens is 5. The van der Waals surface area contributed by atoms with E-state index in [-0.39, 0.29) is 5.92 Å². The predicted molar refractivity (Wildman–Crippen MR) is 219 cm³/mol. The third-order valence-electron chi connectivity index (χ3n) is 10.7. The molecule has 10 aromatic rings. The Morgan fingerprint density at radius 2 is 1.00 bits per heavy atom. The van der Waals surface area contributed by atoms with Crippen molar-refractivity contribution in [3.63, 3.8) is 0 Å². The van der Waals surface area contributed by atoms with E-state index in [9.17, 15) is 0 Å². The Morgan fingerprint density at radius 1 is 0.455 bits per heavy atom. The molecule has 1 atom stereocenters. The Morgan fingerprint density at radius 3 is 1.75 bits per heavy atom. The number of fused-ring (bicyclic) bond motifs is 6. The Kier molecular flexibility index (Phi) is 7.13. The van der Waals surface area contributed by atoms with Crippen LogP contribution in [-0.2, 0) is 0 Å². The highest BCUT2D eigenvalue weighted by molar-refractivity contribution is 6.15. The fourth-order valence-corrected chi connectivity index (χ4v) is 8.34. The lowest BCUT2D eigenvalue weighted by atomic mass is 9.87. The van der Waals surface area contributed by atoms with E-state index in [4.69, 9.17) is 24.6 Å². The van der Waals surface area contributed by atoms with E-state index in [1.807, 2.05) is 42.5 Å². The topological polar surface area (TPSA) is 69.6 Å². The zero-order valence-corrected chi connectivity index (χ0v) is 29.5. The molecular formula is C49H31N5O. The van der Waals surface area contributed by atoms with Crippen LogP contribution >= 0.6 is 0 Å². The number of nitrogens with zero attached hydrogens (tertiary/aromatic N) is 5. The summed E-state index contributed by atoms with van der Waals surface area (Å²) in [5, 5.41) is 11.5. The molecule has 258 valence electrons. The monoisotopic (exact) mass is 705 g/mol. The van der Waals surface area contributed by atoms with Gasteiger partial charge in [-0.3, -0.25) is 4.57 Å². The zero-order chi connectivity index (χ0) is 36.3. The first-order valence-corrected chi connectivity index (χ1v) is 18.4. The van der Waals surface area contributed by atoms with Gasteiger partial charge in [0.15, 0.2) is 0 Å². The molecule has 0 saturated heterocycles. The van der Waals surface area contributed by atoms with Crippen molar-refractivity contribution in [3.05, 3.63) is 199 Å². The van der Waals surface area contributed by atoms with Gasteiger partial charge in [0.05, 0.1) is 22.4 Å². The molecule has 0 fully saturated rings. The van der Waals surface area contributed by atoms with Gasteiger partial charge < -0.3 is 4.42 Å². The molecule has 0 radical (unpaired) electrons. The van der Waals surface area contributed by atoms with Gasteiger partial charge in [0.25, 0.3) is 0 Å². The maximum Gasteiger partial charge on any atom is 0.248 e. The second-order valence-corrected chi connectivity index (χ2v) is 13.8. The first-order valence-electron chi connectivity index (χ1n) is 18.4. The van der Waals surface area contributed by atoms with E-state index >= 15 is 0 Å². The number of rotatable bonds is 6. The minimum Gasteiger partial charge on any atom is -0.416 e. The van der Waals surface area contributed by atoms with Crippen molar-refractivity contribution in [2.75, 3.05) is 0 Å². The van der Waals surface area contributed by atoms with Crippen molar-refractivity contribution < 1.29 is 4.42 Å². The molecule has 0 spiro atoms. The third kappa shape index (κ3) is 5.03. The lowest BCUT2D eigenvalue weighted by molar-refractivity contribution is 0.584. The van der Waals surface area contributed by atoms with E-state index in [0.29, 0.717) is 17.7 Å². The van der Waals surface area contributed by atoms with Gasteiger partial charge in [0.2, 0.25) is 17.7 Å². The summed E-state index contributed by atoms with van der Waals surface area (Å²) in [6, 6.07) is 62.9.